The summed E-state index contributed by atoms with van der Waals surface area (Å²) in [7, 11) is 0. The van der Waals surface area contributed by atoms with Crippen LogP contribution in [0.25, 0.3) is 0 Å². The number of amides is 1. The van der Waals surface area contributed by atoms with E-state index in [9.17, 15) is 4.79 Å². The summed E-state index contributed by atoms with van der Waals surface area (Å²) in [6.45, 7) is 2.76. The monoisotopic (exact) mass is 210 g/mol. The second-order valence-electron chi connectivity index (χ2n) is 5.09. The van der Waals surface area contributed by atoms with Crippen LogP contribution in [0, 0.1) is 5.92 Å². The van der Waals surface area contributed by atoms with Gasteiger partial charge >= 0.3 is 0 Å². The van der Waals surface area contributed by atoms with Crippen LogP contribution >= 0.6 is 0 Å². The molecule has 2 fully saturated rings. The minimum absolute atomic E-state index is 0.181. The van der Waals surface area contributed by atoms with Crippen LogP contribution in [0.15, 0.2) is 0 Å². The molecule has 1 amide bonds. The van der Waals surface area contributed by atoms with Crippen molar-refractivity contribution in [2.24, 2.45) is 5.92 Å². The summed E-state index contributed by atoms with van der Waals surface area (Å²) < 4.78 is 0. The summed E-state index contributed by atoms with van der Waals surface area (Å²) in [6.07, 6.45) is 7.51. The minimum Gasteiger partial charge on any atom is -0.352 e. The highest BCUT2D eigenvalue weighted by molar-refractivity contribution is 5.78. The highest BCUT2D eigenvalue weighted by Crippen LogP contribution is 2.23. The molecule has 0 aliphatic heterocycles. The third-order valence-corrected chi connectivity index (χ3v) is 3.59. The lowest BCUT2D eigenvalue weighted by molar-refractivity contribution is -0.121. The molecule has 2 atom stereocenters. The molecule has 2 saturated carbocycles. The van der Waals surface area contributed by atoms with Crippen molar-refractivity contribution in [3.63, 3.8) is 0 Å². The summed E-state index contributed by atoms with van der Waals surface area (Å²) in [5, 5.41) is 6.40. The molecule has 86 valence electrons. The predicted octanol–water partition coefficient (Wildman–Crippen LogP) is 1.43. The maximum Gasteiger partial charge on any atom is 0.234 e. The molecule has 0 heterocycles. The number of rotatable bonds is 4. The van der Waals surface area contributed by atoms with E-state index >= 15 is 0 Å². The van der Waals surface area contributed by atoms with Gasteiger partial charge in [0.15, 0.2) is 0 Å². The molecular formula is C12H22N2O. The van der Waals surface area contributed by atoms with Crippen molar-refractivity contribution < 1.29 is 4.79 Å². The number of hydrogen-bond acceptors (Lipinski definition) is 2. The van der Waals surface area contributed by atoms with Gasteiger partial charge in [0, 0.05) is 12.1 Å². The lowest BCUT2D eigenvalue weighted by Gasteiger charge is -2.29. The minimum atomic E-state index is 0.181. The first-order valence-electron chi connectivity index (χ1n) is 6.28. The fourth-order valence-corrected chi connectivity index (χ4v) is 2.31. The van der Waals surface area contributed by atoms with Crippen LogP contribution in [0.5, 0.6) is 0 Å². The molecule has 2 aliphatic rings. The van der Waals surface area contributed by atoms with Gasteiger partial charge in [-0.15, -0.1) is 0 Å². The molecule has 2 N–H and O–H groups in total. The maximum atomic E-state index is 11.6. The molecule has 0 bridgehead atoms. The Morgan fingerprint density at radius 1 is 1.20 bits per heavy atom. The summed E-state index contributed by atoms with van der Waals surface area (Å²) >= 11 is 0. The average Bonchev–Trinajstić information content (AvgIpc) is 3.02. The van der Waals surface area contributed by atoms with Crippen molar-refractivity contribution >= 4 is 5.91 Å². The topological polar surface area (TPSA) is 41.1 Å². The van der Waals surface area contributed by atoms with Gasteiger partial charge in [0.05, 0.1) is 6.54 Å². The van der Waals surface area contributed by atoms with Gasteiger partial charge in [-0.25, -0.2) is 0 Å². The van der Waals surface area contributed by atoms with Crippen molar-refractivity contribution in [1.82, 2.24) is 10.6 Å². The Morgan fingerprint density at radius 3 is 2.60 bits per heavy atom. The fraction of sp³-hybridized carbons (Fsp3) is 0.917. The maximum absolute atomic E-state index is 11.6. The Hall–Kier alpha value is -0.570. The predicted molar refractivity (Wildman–Crippen MR) is 60.6 cm³/mol. The van der Waals surface area contributed by atoms with Gasteiger partial charge in [-0.1, -0.05) is 19.8 Å². The Balaban J connectivity index is 1.66. The molecule has 0 radical (unpaired) electrons. The first kappa shape index (κ1) is 10.9. The standard InChI is InChI=1S/C12H22N2O/c1-9-4-2-3-5-11(9)14-12(15)8-13-10-6-7-10/h9-11,13H,2-8H2,1H3,(H,14,15). The van der Waals surface area contributed by atoms with E-state index in [0.717, 1.165) is 6.42 Å². The van der Waals surface area contributed by atoms with E-state index in [-0.39, 0.29) is 5.91 Å². The van der Waals surface area contributed by atoms with Crippen LogP contribution in [-0.4, -0.2) is 24.5 Å². The normalized spacial score (nSPS) is 31.3. The van der Waals surface area contributed by atoms with Gasteiger partial charge in [-0.2, -0.15) is 0 Å². The molecule has 0 saturated heterocycles. The quantitative estimate of drug-likeness (QED) is 0.737. The molecule has 2 aliphatic carbocycles. The third-order valence-electron chi connectivity index (χ3n) is 3.59. The van der Waals surface area contributed by atoms with Crippen LogP contribution in [0.3, 0.4) is 0 Å². The van der Waals surface area contributed by atoms with Crippen molar-refractivity contribution in [2.45, 2.75) is 57.5 Å². The van der Waals surface area contributed by atoms with Gasteiger partial charge in [-0.05, 0) is 31.6 Å². The Kier molecular flexibility index (Phi) is 3.62. The Bertz CT molecular complexity index is 226. The fourth-order valence-electron chi connectivity index (χ4n) is 2.31. The SMILES string of the molecule is CC1CCCCC1NC(=O)CNC1CC1. The van der Waals surface area contributed by atoms with E-state index in [1.165, 1.54) is 32.1 Å². The van der Waals surface area contributed by atoms with Crippen LogP contribution < -0.4 is 10.6 Å². The van der Waals surface area contributed by atoms with Crippen LogP contribution in [0.2, 0.25) is 0 Å². The van der Waals surface area contributed by atoms with Crippen molar-refractivity contribution in [1.29, 1.82) is 0 Å². The van der Waals surface area contributed by atoms with Crippen molar-refractivity contribution in [3.8, 4) is 0 Å². The zero-order valence-corrected chi connectivity index (χ0v) is 9.59. The highest BCUT2D eigenvalue weighted by Gasteiger charge is 2.24. The molecular weight excluding hydrogens is 188 g/mol. The molecule has 0 aromatic rings. The van der Waals surface area contributed by atoms with Gasteiger partial charge in [0.2, 0.25) is 5.91 Å². The van der Waals surface area contributed by atoms with Gasteiger partial charge in [0.25, 0.3) is 0 Å². The van der Waals surface area contributed by atoms with Crippen LogP contribution in [0.4, 0.5) is 0 Å². The summed E-state index contributed by atoms with van der Waals surface area (Å²) in [5.74, 6) is 0.837. The molecule has 2 rings (SSSR count). The van der Waals surface area contributed by atoms with Crippen LogP contribution in [0.1, 0.15) is 45.4 Å². The summed E-state index contributed by atoms with van der Waals surface area (Å²) in [4.78, 5) is 11.6. The Labute approximate surface area is 92.0 Å². The van der Waals surface area contributed by atoms with Gasteiger partial charge in [-0.3, -0.25) is 4.79 Å². The molecule has 15 heavy (non-hydrogen) atoms. The number of nitrogens with one attached hydrogen (secondary N) is 2. The molecule has 0 aromatic carbocycles. The first-order chi connectivity index (χ1) is 7.25. The van der Waals surface area contributed by atoms with E-state index in [0.29, 0.717) is 24.5 Å². The Morgan fingerprint density at radius 2 is 1.93 bits per heavy atom. The zero-order valence-electron chi connectivity index (χ0n) is 9.59. The van der Waals surface area contributed by atoms with Crippen molar-refractivity contribution in [2.75, 3.05) is 6.54 Å². The van der Waals surface area contributed by atoms with E-state index in [2.05, 4.69) is 17.6 Å². The van der Waals surface area contributed by atoms with Gasteiger partial charge < -0.3 is 10.6 Å². The van der Waals surface area contributed by atoms with E-state index in [1.807, 2.05) is 0 Å². The lowest BCUT2D eigenvalue weighted by atomic mass is 9.86. The van der Waals surface area contributed by atoms with E-state index < -0.39 is 0 Å². The largest absolute Gasteiger partial charge is 0.352 e. The highest BCUT2D eigenvalue weighted by atomic mass is 16.2. The number of carbonyl (C=O) groups excluding carboxylic acids is 1. The zero-order chi connectivity index (χ0) is 10.7. The smallest absolute Gasteiger partial charge is 0.234 e. The molecule has 3 nitrogen and oxygen atoms in total. The van der Waals surface area contributed by atoms with E-state index in [1.54, 1.807) is 0 Å². The molecule has 0 spiro atoms. The third kappa shape index (κ3) is 3.49. The lowest BCUT2D eigenvalue weighted by Crippen LogP contribution is -2.45. The average molecular weight is 210 g/mol. The molecule has 0 aromatic heterocycles. The summed E-state index contributed by atoms with van der Waals surface area (Å²) in [5.41, 5.74) is 0. The van der Waals surface area contributed by atoms with E-state index in [4.69, 9.17) is 0 Å². The summed E-state index contributed by atoms with van der Waals surface area (Å²) in [6, 6.07) is 1.05. The van der Waals surface area contributed by atoms with Gasteiger partial charge in [0.1, 0.15) is 0 Å². The van der Waals surface area contributed by atoms with Crippen molar-refractivity contribution in [3.05, 3.63) is 0 Å². The first-order valence-corrected chi connectivity index (χ1v) is 6.28. The second kappa shape index (κ2) is 4.97. The second-order valence-corrected chi connectivity index (χ2v) is 5.09. The number of carbonyl (C=O) groups is 1. The number of hydrogen-bond donors (Lipinski definition) is 2. The van der Waals surface area contributed by atoms with Crippen LogP contribution in [-0.2, 0) is 4.79 Å². The molecule has 3 heteroatoms. The molecule has 2 unspecified atom stereocenters.